The minimum Gasteiger partial charge on any atom is -0.484 e. The molecule has 0 unspecified atom stereocenters. The molecule has 0 aliphatic carbocycles. The fourth-order valence-corrected chi connectivity index (χ4v) is 4.85. The highest BCUT2D eigenvalue weighted by Gasteiger charge is 2.20. The van der Waals surface area contributed by atoms with Crippen LogP contribution in [0.4, 0.5) is 17.1 Å². The molecule has 0 aliphatic heterocycles. The SMILES string of the molecule is CCN(CC)c1ccc(S(=O)(=O)Nc2cc(Cl)ccc2Cl)cc1NC(=O)COc1ccc(C#N)cc1. The second-order valence-corrected chi connectivity index (χ2v) is 10.1. The largest absolute Gasteiger partial charge is 0.484 e. The minimum atomic E-state index is -4.05. The summed E-state index contributed by atoms with van der Waals surface area (Å²) in [6, 6.07) is 17.3. The molecule has 0 radical (unpaired) electrons. The Kier molecular flexibility index (Phi) is 9.04. The molecule has 0 aromatic heterocycles. The van der Waals surface area contributed by atoms with E-state index in [1.807, 2.05) is 24.8 Å². The highest BCUT2D eigenvalue weighted by molar-refractivity contribution is 7.92. The number of carbonyl (C=O) groups excluding carboxylic acids is 1. The standard InChI is InChI=1S/C25H24Cl2N4O4S/c1-3-31(4-2)24-12-10-20(36(33,34)30-22-13-18(26)7-11-21(22)27)14-23(24)29-25(32)16-35-19-8-5-17(15-28)6-9-19/h5-14,30H,3-4,16H2,1-2H3,(H,29,32). The van der Waals surface area contributed by atoms with Crippen molar-refractivity contribution in [3.05, 3.63) is 76.3 Å². The van der Waals surface area contributed by atoms with Crippen molar-refractivity contribution in [3.63, 3.8) is 0 Å². The predicted octanol–water partition coefficient (Wildman–Crippen LogP) is 5.53. The highest BCUT2D eigenvalue weighted by Crippen LogP contribution is 2.32. The van der Waals surface area contributed by atoms with Gasteiger partial charge in [0.1, 0.15) is 5.75 Å². The van der Waals surface area contributed by atoms with E-state index in [-0.39, 0.29) is 22.2 Å². The Balaban J connectivity index is 1.86. The number of nitriles is 1. The van der Waals surface area contributed by atoms with Gasteiger partial charge in [0.2, 0.25) is 0 Å². The molecule has 0 fully saturated rings. The van der Waals surface area contributed by atoms with Crippen LogP contribution >= 0.6 is 23.2 Å². The Morgan fingerprint density at radius 1 is 1.00 bits per heavy atom. The maximum Gasteiger partial charge on any atom is 0.262 e. The van der Waals surface area contributed by atoms with Gasteiger partial charge < -0.3 is 15.0 Å². The summed E-state index contributed by atoms with van der Waals surface area (Å²) < 4.78 is 34.1. The molecular formula is C25H24Cl2N4O4S. The van der Waals surface area contributed by atoms with Crippen molar-refractivity contribution in [2.75, 3.05) is 34.6 Å². The van der Waals surface area contributed by atoms with Gasteiger partial charge in [0.25, 0.3) is 15.9 Å². The van der Waals surface area contributed by atoms with Crippen LogP contribution in [0, 0.1) is 11.3 Å². The first-order chi connectivity index (χ1) is 17.2. The molecule has 0 saturated heterocycles. The van der Waals surface area contributed by atoms with Gasteiger partial charge in [-0.25, -0.2) is 8.42 Å². The molecule has 0 atom stereocenters. The second kappa shape index (κ2) is 12.0. The minimum absolute atomic E-state index is 0.0715. The Labute approximate surface area is 220 Å². The monoisotopic (exact) mass is 546 g/mol. The lowest BCUT2D eigenvalue weighted by molar-refractivity contribution is -0.118. The average molecular weight is 547 g/mol. The number of nitrogens with zero attached hydrogens (tertiary/aromatic N) is 2. The third-order valence-corrected chi connectivity index (χ3v) is 7.11. The predicted molar refractivity (Wildman–Crippen MR) is 143 cm³/mol. The lowest BCUT2D eigenvalue weighted by Gasteiger charge is -2.25. The van der Waals surface area contributed by atoms with Crippen LogP contribution in [0.3, 0.4) is 0 Å². The summed E-state index contributed by atoms with van der Waals surface area (Å²) in [5.41, 5.74) is 1.58. The molecule has 8 nitrogen and oxygen atoms in total. The number of halogens is 2. The lowest BCUT2D eigenvalue weighted by Crippen LogP contribution is -2.26. The molecule has 0 spiro atoms. The molecule has 3 rings (SSSR count). The number of amides is 1. The molecule has 188 valence electrons. The van der Waals surface area contributed by atoms with E-state index in [0.717, 1.165) is 0 Å². The van der Waals surface area contributed by atoms with Crippen molar-refractivity contribution >= 4 is 56.2 Å². The molecule has 1 amide bonds. The van der Waals surface area contributed by atoms with Crippen LogP contribution in [0.25, 0.3) is 0 Å². The molecule has 0 saturated carbocycles. The summed E-state index contributed by atoms with van der Waals surface area (Å²) >= 11 is 12.1. The van der Waals surface area contributed by atoms with Crippen LogP contribution in [0.2, 0.25) is 10.0 Å². The number of sulfonamides is 1. The summed E-state index contributed by atoms with van der Waals surface area (Å²) in [5.74, 6) is -0.0554. The summed E-state index contributed by atoms with van der Waals surface area (Å²) in [6.07, 6.45) is 0. The number of carbonyl (C=O) groups is 1. The zero-order valence-corrected chi connectivity index (χ0v) is 21.9. The Bertz CT molecular complexity index is 1390. The molecule has 36 heavy (non-hydrogen) atoms. The summed E-state index contributed by atoms with van der Waals surface area (Å²) in [5, 5.41) is 12.2. The number of nitrogens with one attached hydrogen (secondary N) is 2. The number of hydrogen-bond donors (Lipinski definition) is 2. The number of rotatable bonds is 10. The van der Waals surface area contributed by atoms with Crippen LogP contribution in [0.5, 0.6) is 5.75 Å². The van der Waals surface area contributed by atoms with E-state index in [0.29, 0.717) is 40.8 Å². The fraction of sp³-hybridized carbons (Fsp3) is 0.200. The first-order valence-electron chi connectivity index (χ1n) is 11.0. The van der Waals surface area contributed by atoms with Crippen molar-refractivity contribution in [3.8, 4) is 11.8 Å². The van der Waals surface area contributed by atoms with Gasteiger partial charge in [-0.05, 0) is 74.5 Å². The molecule has 0 bridgehead atoms. The first kappa shape index (κ1) is 27.1. The zero-order chi connectivity index (χ0) is 26.3. The second-order valence-electron chi connectivity index (χ2n) is 7.55. The van der Waals surface area contributed by atoms with E-state index in [1.165, 1.54) is 24.3 Å². The van der Waals surface area contributed by atoms with Gasteiger partial charge in [-0.1, -0.05) is 23.2 Å². The third-order valence-electron chi connectivity index (χ3n) is 5.18. The van der Waals surface area contributed by atoms with Gasteiger partial charge in [0.15, 0.2) is 6.61 Å². The van der Waals surface area contributed by atoms with Crippen LogP contribution in [0.15, 0.2) is 65.6 Å². The molecule has 3 aromatic rings. The highest BCUT2D eigenvalue weighted by atomic mass is 35.5. The van der Waals surface area contributed by atoms with E-state index in [2.05, 4.69) is 10.0 Å². The lowest BCUT2D eigenvalue weighted by atomic mass is 10.2. The average Bonchev–Trinajstić information content (AvgIpc) is 2.86. The molecule has 3 aromatic carbocycles. The van der Waals surface area contributed by atoms with Gasteiger partial charge in [0.05, 0.1) is 38.6 Å². The van der Waals surface area contributed by atoms with Crippen molar-refractivity contribution in [1.29, 1.82) is 5.26 Å². The number of anilines is 3. The quantitative estimate of drug-likeness (QED) is 0.345. The molecule has 11 heteroatoms. The zero-order valence-electron chi connectivity index (χ0n) is 19.6. The maximum absolute atomic E-state index is 13.1. The summed E-state index contributed by atoms with van der Waals surface area (Å²) in [7, 11) is -4.05. The van der Waals surface area contributed by atoms with E-state index < -0.39 is 15.9 Å². The van der Waals surface area contributed by atoms with E-state index in [1.54, 1.807) is 36.4 Å². The number of hydrogen-bond acceptors (Lipinski definition) is 6. The van der Waals surface area contributed by atoms with E-state index in [4.69, 9.17) is 33.2 Å². The number of ether oxygens (including phenoxy) is 1. The van der Waals surface area contributed by atoms with E-state index in [9.17, 15) is 13.2 Å². The molecule has 0 aliphatic rings. The van der Waals surface area contributed by atoms with E-state index >= 15 is 0 Å². The summed E-state index contributed by atoms with van der Waals surface area (Å²) in [6.45, 7) is 4.89. The van der Waals surface area contributed by atoms with Crippen LogP contribution in [-0.2, 0) is 14.8 Å². The third kappa shape index (κ3) is 6.82. The smallest absolute Gasteiger partial charge is 0.262 e. The Morgan fingerprint density at radius 2 is 1.69 bits per heavy atom. The van der Waals surface area contributed by atoms with Crippen molar-refractivity contribution in [2.24, 2.45) is 0 Å². The van der Waals surface area contributed by atoms with Crippen molar-refractivity contribution < 1.29 is 17.9 Å². The van der Waals surface area contributed by atoms with Gasteiger partial charge in [0, 0.05) is 18.1 Å². The topological polar surface area (TPSA) is 112 Å². The van der Waals surface area contributed by atoms with Gasteiger partial charge in [-0.2, -0.15) is 5.26 Å². The first-order valence-corrected chi connectivity index (χ1v) is 13.2. The van der Waals surface area contributed by atoms with Crippen molar-refractivity contribution in [2.45, 2.75) is 18.7 Å². The van der Waals surface area contributed by atoms with Gasteiger partial charge in [-0.15, -0.1) is 0 Å². The molecule has 2 N–H and O–H groups in total. The Hall–Kier alpha value is -3.45. The van der Waals surface area contributed by atoms with Gasteiger partial charge in [-0.3, -0.25) is 9.52 Å². The van der Waals surface area contributed by atoms with Gasteiger partial charge >= 0.3 is 0 Å². The van der Waals surface area contributed by atoms with Crippen LogP contribution in [-0.4, -0.2) is 34.0 Å². The Morgan fingerprint density at radius 3 is 2.33 bits per heavy atom. The van der Waals surface area contributed by atoms with Crippen LogP contribution < -0.4 is 19.7 Å². The number of benzene rings is 3. The molecule has 0 heterocycles. The normalized spacial score (nSPS) is 10.9. The summed E-state index contributed by atoms with van der Waals surface area (Å²) in [4.78, 5) is 14.6. The van der Waals surface area contributed by atoms with Crippen LogP contribution in [0.1, 0.15) is 19.4 Å². The fourth-order valence-electron chi connectivity index (χ4n) is 3.36. The maximum atomic E-state index is 13.1. The van der Waals surface area contributed by atoms with Crippen molar-refractivity contribution in [1.82, 2.24) is 0 Å². The molecular weight excluding hydrogens is 523 g/mol.